The Morgan fingerprint density at radius 3 is 2.24 bits per heavy atom. The van der Waals surface area contributed by atoms with Crippen molar-refractivity contribution in [2.75, 3.05) is 39.9 Å². The molecule has 9 heteroatoms. The van der Waals surface area contributed by atoms with Crippen molar-refractivity contribution < 1.29 is 28.5 Å². The Morgan fingerprint density at radius 2 is 1.69 bits per heavy atom. The minimum absolute atomic E-state index is 0.182. The molecule has 0 aliphatic heterocycles. The van der Waals surface area contributed by atoms with Crippen LogP contribution in [-0.2, 0) is 4.79 Å². The molecule has 1 N–H and O–H groups in total. The van der Waals surface area contributed by atoms with Crippen LogP contribution in [0, 0.1) is 0 Å². The van der Waals surface area contributed by atoms with Crippen molar-refractivity contribution >= 4 is 17.7 Å². The van der Waals surface area contributed by atoms with E-state index in [9.17, 15) is 4.79 Å². The lowest BCUT2D eigenvalue weighted by molar-refractivity contribution is -0.111. The summed E-state index contributed by atoms with van der Waals surface area (Å²) < 4.78 is 26.6. The highest BCUT2D eigenvalue weighted by Crippen LogP contribution is 2.38. The molecule has 1 heterocycles. The predicted octanol–water partition coefficient (Wildman–Crippen LogP) is 2.95. The average Bonchev–Trinajstić information content (AvgIpc) is 2.73. The first-order chi connectivity index (χ1) is 14.1. The highest BCUT2D eigenvalue weighted by Gasteiger charge is 2.13. The molecule has 9 nitrogen and oxygen atoms in total. The SMILES string of the molecule is CCOc1ncc(NC(=O)/C=C/c2cc(OC)c(OC)c(OC)c2)c(OCC)n1. The van der Waals surface area contributed by atoms with E-state index in [0.29, 0.717) is 41.7 Å². The zero-order valence-electron chi connectivity index (χ0n) is 17.1. The standard InChI is InChI=1S/C20H25N3O6/c1-6-28-19-14(12-21-20(23-19)29-7-2)22-17(24)9-8-13-10-15(25-3)18(27-5)16(11-13)26-4/h8-12H,6-7H2,1-5H3,(H,22,24)/b9-8+. The first-order valence-electron chi connectivity index (χ1n) is 8.97. The minimum Gasteiger partial charge on any atom is -0.493 e. The lowest BCUT2D eigenvalue weighted by Gasteiger charge is -2.13. The molecular weight excluding hydrogens is 378 g/mol. The van der Waals surface area contributed by atoms with Crippen LogP contribution in [-0.4, -0.2) is 50.4 Å². The van der Waals surface area contributed by atoms with Gasteiger partial charge in [-0.3, -0.25) is 4.79 Å². The number of amides is 1. The van der Waals surface area contributed by atoms with Gasteiger partial charge in [-0.1, -0.05) is 0 Å². The number of nitrogens with zero attached hydrogens (tertiary/aromatic N) is 2. The molecule has 2 rings (SSSR count). The van der Waals surface area contributed by atoms with Crippen molar-refractivity contribution in [3.63, 3.8) is 0 Å². The molecule has 0 aliphatic rings. The number of carbonyl (C=O) groups is 1. The van der Waals surface area contributed by atoms with Gasteiger partial charge in [0.2, 0.25) is 17.5 Å². The summed E-state index contributed by atoms with van der Waals surface area (Å²) in [5, 5.41) is 2.70. The second-order valence-corrected chi connectivity index (χ2v) is 5.52. The third-order valence-electron chi connectivity index (χ3n) is 3.66. The number of anilines is 1. The molecule has 0 atom stereocenters. The van der Waals surface area contributed by atoms with Crippen LogP contribution in [0.4, 0.5) is 5.69 Å². The fraction of sp³-hybridized carbons (Fsp3) is 0.350. The van der Waals surface area contributed by atoms with Crippen LogP contribution in [0.15, 0.2) is 24.4 Å². The largest absolute Gasteiger partial charge is 0.493 e. The Labute approximate surface area is 169 Å². The van der Waals surface area contributed by atoms with Crippen LogP contribution >= 0.6 is 0 Å². The molecule has 1 amide bonds. The fourth-order valence-electron chi connectivity index (χ4n) is 2.43. The molecule has 1 aromatic carbocycles. The van der Waals surface area contributed by atoms with Crippen molar-refractivity contribution in [1.29, 1.82) is 0 Å². The molecule has 0 unspecified atom stereocenters. The zero-order valence-corrected chi connectivity index (χ0v) is 17.1. The molecule has 0 saturated heterocycles. The molecule has 29 heavy (non-hydrogen) atoms. The third kappa shape index (κ3) is 5.74. The number of methoxy groups -OCH3 is 3. The molecule has 2 aromatic rings. The fourth-order valence-corrected chi connectivity index (χ4v) is 2.43. The van der Waals surface area contributed by atoms with E-state index in [1.807, 2.05) is 13.8 Å². The van der Waals surface area contributed by atoms with E-state index in [0.717, 1.165) is 0 Å². The first-order valence-corrected chi connectivity index (χ1v) is 8.97. The molecule has 1 aromatic heterocycles. The normalized spacial score (nSPS) is 10.5. The summed E-state index contributed by atoms with van der Waals surface area (Å²) >= 11 is 0. The van der Waals surface area contributed by atoms with Crippen LogP contribution in [0.3, 0.4) is 0 Å². The summed E-state index contributed by atoms with van der Waals surface area (Å²) in [6.45, 7) is 4.45. The van der Waals surface area contributed by atoms with Crippen molar-refractivity contribution in [2.45, 2.75) is 13.8 Å². The van der Waals surface area contributed by atoms with Crippen LogP contribution < -0.4 is 29.0 Å². The quantitative estimate of drug-likeness (QED) is 0.604. The Bertz CT molecular complexity index is 844. The lowest BCUT2D eigenvalue weighted by atomic mass is 10.1. The highest BCUT2D eigenvalue weighted by atomic mass is 16.5. The van der Waals surface area contributed by atoms with Gasteiger partial charge in [-0.15, -0.1) is 0 Å². The van der Waals surface area contributed by atoms with Crippen molar-refractivity contribution in [1.82, 2.24) is 9.97 Å². The van der Waals surface area contributed by atoms with Gasteiger partial charge in [0.1, 0.15) is 5.69 Å². The Hall–Kier alpha value is -3.49. The maximum absolute atomic E-state index is 12.4. The number of benzene rings is 1. The molecule has 0 radical (unpaired) electrons. The number of rotatable bonds is 10. The van der Waals surface area contributed by atoms with Gasteiger partial charge in [-0.25, -0.2) is 4.98 Å². The molecule has 0 bridgehead atoms. The van der Waals surface area contributed by atoms with Gasteiger partial charge >= 0.3 is 6.01 Å². The number of carbonyl (C=O) groups excluding carboxylic acids is 1. The van der Waals surface area contributed by atoms with Crippen molar-refractivity contribution in [3.05, 3.63) is 30.0 Å². The summed E-state index contributed by atoms with van der Waals surface area (Å²) in [6, 6.07) is 3.65. The summed E-state index contributed by atoms with van der Waals surface area (Å²) in [5.74, 6) is 1.31. The maximum atomic E-state index is 12.4. The van der Waals surface area contributed by atoms with Crippen LogP contribution in [0.25, 0.3) is 6.08 Å². The second kappa shape index (κ2) is 10.7. The highest BCUT2D eigenvalue weighted by molar-refractivity contribution is 6.02. The van der Waals surface area contributed by atoms with Gasteiger partial charge in [0, 0.05) is 6.08 Å². The number of nitrogens with one attached hydrogen (secondary N) is 1. The van der Waals surface area contributed by atoms with E-state index in [1.54, 1.807) is 18.2 Å². The van der Waals surface area contributed by atoms with Crippen molar-refractivity contribution in [3.8, 4) is 29.1 Å². The van der Waals surface area contributed by atoms with Crippen molar-refractivity contribution in [2.24, 2.45) is 0 Å². The summed E-state index contributed by atoms with van der Waals surface area (Å²) in [7, 11) is 4.58. The minimum atomic E-state index is -0.382. The Balaban J connectivity index is 2.19. The first kappa shape index (κ1) is 21.8. The van der Waals surface area contributed by atoms with E-state index in [2.05, 4.69) is 15.3 Å². The Kier molecular flexibility index (Phi) is 8.08. The summed E-state index contributed by atoms with van der Waals surface area (Å²) in [6.07, 6.45) is 4.43. The summed E-state index contributed by atoms with van der Waals surface area (Å²) in [5.41, 5.74) is 1.04. The van der Waals surface area contributed by atoms with Gasteiger partial charge in [0.15, 0.2) is 11.5 Å². The van der Waals surface area contributed by atoms with Crippen LogP contribution in [0.2, 0.25) is 0 Å². The van der Waals surface area contributed by atoms with Crippen LogP contribution in [0.1, 0.15) is 19.4 Å². The van der Waals surface area contributed by atoms with E-state index in [1.165, 1.54) is 33.6 Å². The Morgan fingerprint density at radius 1 is 1.03 bits per heavy atom. The van der Waals surface area contributed by atoms with Crippen LogP contribution in [0.5, 0.6) is 29.1 Å². The maximum Gasteiger partial charge on any atom is 0.319 e. The van der Waals surface area contributed by atoms with E-state index in [-0.39, 0.29) is 17.8 Å². The van der Waals surface area contributed by atoms with Gasteiger partial charge in [0.25, 0.3) is 0 Å². The molecule has 0 aliphatic carbocycles. The monoisotopic (exact) mass is 403 g/mol. The number of hydrogen-bond donors (Lipinski definition) is 1. The van der Waals surface area contributed by atoms with Gasteiger partial charge in [-0.2, -0.15) is 4.98 Å². The number of aromatic nitrogens is 2. The van der Waals surface area contributed by atoms with Gasteiger partial charge in [0.05, 0.1) is 40.7 Å². The lowest BCUT2D eigenvalue weighted by Crippen LogP contribution is -2.11. The van der Waals surface area contributed by atoms with Gasteiger partial charge < -0.3 is 29.0 Å². The number of ether oxygens (including phenoxy) is 5. The van der Waals surface area contributed by atoms with E-state index in [4.69, 9.17) is 23.7 Å². The average molecular weight is 403 g/mol. The topological polar surface area (TPSA) is 101 Å². The molecular formula is C20H25N3O6. The second-order valence-electron chi connectivity index (χ2n) is 5.52. The molecule has 156 valence electrons. The van der Waals surface area contributed by atoms with E-state index < -0.39 is 0 Å². The smallest absolute Gasteiger partial charge is 0.319 e. The predicted molar refractivity (Wildman–Crippen MR) is 108 cm³/mol. The molecule has 0 saturated carbocycles. The summed E-state index contributed by atoms with van der Waals surface area (Å²) in [4.78, 5) is 20.6. The molecule has 0 spiro atoms. The third-order valence-corrected chi connectivity index (χ3v) is 3.66. The van der Waals surface area contributed by atoms with Gasteiger partial charge in [-0.05, 0) is 37.6 Å². The number of hydrogen-bond acceptors (Lipinski definition) is 8. The molecule has 0 fully saturated rings. The zero-order chi connectivity index (χ0) is 21.2. The van der Waals surface area contributed by atoms with E-state index >= 15 is 0 Å².